The molecule has 3 nitrogen and oxygen atoms in total. The van der Waals surface area contributed by atoms with Crippen LogP contribution in [0, 0.1) is 13.8 Å². The second kappa shape index (κ2) is 5.15. The van der Waals surface area contributed by atoms with Gasteiger partial charge in [0.2, 0.25) is 0 Å². The highest BCUT2D eigenvalue weighted by Gasteiger charge is 2.01. The molecule has 2 aromatic rings. The minimum atomic E-state index is 0.496. The number of hydrogen-bond donors (Lipinski definition) is 1. The monoisotopic (exact) mass is 247 g/mol. The van der Waals surface area contributed by atoms with Crippen LogP contribution < -0.4 is 5.32 Å². The molecule has 1 N–H and O–H groups in total. The molecule has 2 rings (SSSR count). The lowest BCUT2D eigenvalue weighted by Gasteiger charge is -2.08. The molecule has 17 heavy (non-hydrogen) atoms. The van der Waals surface area contributed by atoms with Gasteiger partial charge in [-0.1, -0.05) is 17.7 Å². The van der Waals surface area contributed by atoms with Crippen molar-refractivity contribution in [1.29, 1.82) is 0 Å². The molecular weight excluding hydrogens is 234 g/mol. The summed E-state index contributed by atoms with van der Waals surface area (Å²) in [7, 11) is 0. The van der Waals surface area contributed by atoms with Crippen LogP contribution in [0.5, 0.6) is 0 Å². The fourth-order valence-corrected chi connectivity index (χ4v) is 1.65. The van der Waals surface area contributed by atoms with E-state index in [0.717, 1.165) is 22.5 Å². The van der Waals surface area contributed by atoms with Crippen molar-refractivity contribution in [2.24, 2.45) is 0 Å². The predicted molar refractivity (Wildman–Crippen MR) is 70.3 cm³/mol. The van der Waals surface area contributed by atoms with Crippen LogP contribution in [0.3, 0.4) is 0 Å². The highest BCUT2D eigenvalue weighted by atomic mass is 35.5. The first-order chi connectivity index (χ1) is 8.15. The van der Waals surface area contributed by atoms with Gasteiger partial charge in [0.25, 0.3) is 0 Å². The maximum atomic E-state index is 6.00. The standard InChI is InChI=1S/C13H14ClN3/c1-9-5-12(13(14)17-6-9)16-8-11-4-3-10(2)15-7-11/h3-7,16H,8H2,1-2H3. The van der Waals surface area contributed by atoms with Crippen molar-refractivity contribution in [2.45, 2.75) is 20.4 Å². The Kier molecular flexibility index (Phi) is 3.59. The molecule has 4 heteroatoms. The van der Waals surface area contributed by atoms with Crippen molar-refractivity contribution in [2.75, 3.05) is 5.32 Å². The lowest BCUT2D eigenvalue weighted by Crippen LogP contribution is -2.01. The minimum Gasteiger partial charge on any atom is -0.378 e. The molecule has 0 aliphatic carbocycles. The molecule has 0 saturated carbocycles. The van der Waals surface area contributed by atoms with Crippen molar-refractivity contribution >= 4 is 17.3 Å². The Labute approximate surface area is 106 Å². The maximum Gasteiger partial charge on any atom is 0.152 e. The molecule has 0 aliphatic heterocycles. The van der Waals surface area contributed by atoms with Gasteiger partial charge >= 0.3 is 0 Å². The second-order valence-electron chi connectivity index (χ2n) is 4.01. The van der Waals surface area contributed by atoms with E-state index >= 15 is 0 Å². The Morgan fingerprint density at radius 3 is 2.71 bits per heavy atom. The summed E-state index contributed by atoms with van der Waals surface area (Å²) in [6, 6.07) is 6.02. The summed E-state index contributed by atoms with van der Waals surface area (Å²) >= 11 is 6.00. The zero-order chi connectivity index (χ0) is 12.3. The van der Waals surface area contributed by atoms with Gasteiger partial charge in [-0.25, -0.2) is 4.98 Å². The van der Waals surface area contributed by atoms with Crippen molar-refractivity contribution in [3.05, 3.63) is 52.6 Å². The van der Waals surface area contributed by atoms with Crippen molar-refractivity contribution in [1.82, 2.24) is 9.97 Å². The lowest BCUT2D eigenvalue weighted by molar-refractivity contribution is 1.08. The van der Waals surface area contributed by atoms with Crippen molar-refractivity contribution in [3.8, 4) is 0 Å². The highest BCUT2D eigenvalue weighted by molar-refractivity contribution is 6.31. The van der Waals surface area contributed by atoms with Crippen LogP contribution in [0.2, 0.25) is 5.15 Å². The number of nitrogens with zero attached hydrogens (tertiary/aromatic N) is 2. The van der Waals surface area contributed by atoms with Gasteiger partial charge in [0.1, 0.15) is 0 Å². The van der Waals surface area contributed by atoms with E-state index in [4.69, 9.17) is 11.6 Å². The Bertz CT molecular complexity index is 509. The number of hydrogen-bond acceptors (Lipinski definition) is 3. The van der Waals surface area contributed by atoms with Crippen LogP contribution in [0.1, 0.15) is 16.8 Å². The molecule has 0 saturated heterocycles. The molecule has 0 radical (unpaired) electrons. The molecule has 88 valence electrons. The van der Waals surface area contributed by atoms with Crippen LogP contribution in [0.15, 0.2) is 30.6 Å². The van der Waals surface area contributed by atoms with Crippen LogP contribution in [0.25, 0.3) is 0 Å². The number of nitrogens with one attached hydrogen (secondary N) is 1. The van der Waals surface area contributed by atoms with Crippen LogP contribution in [-0.2, 0) is 6.54 Å². The third-order valence-electron chi connectivity index (χ3n) is 2.43. The van der Waals surface area contributed by atoms with E-state index in [1.165, 1.54) is 0 Å². The first kappa shape index (κ1) is 11.9. The summed E-state index contributed by atoms with van der Waals surface area (Å²) in [5, 5.41) is 3.75. The normalized spacial score (nSPS) is 10.3. The predicted octanol–water partition coefficient (Wildman–Crippen LogP) is 3.36. The van der Waals surface area contributed by atoms with Crippen molar-refractivity contribution in [3.63, 3.8) is 0 Å². The average molecular weight is 248 g/mol. The SMILES string of the molecule is Cc1cnc(Cl)c(NCc2ccc(C)nc2)c1. The number of anilines is 1. The topological polar surface area (TPSA) is 37.8 Å². The third-order valence-corrected chi connectivity index (χ3v) is 2.73. The van der Waals surface area contributed by atoms with E-state index in [0.29, 0.717) is 11.7 Å². The minimum absolute atomic E-state index is 0.496. The molecule has 2 heterocycles. The fraction of sp³-hybridized carbons (Fsp3) is 0.231. The molecule has 0 amide bonds. The number of aromatic nitrogens is 2. The average Bonchev–Trinajstić information content (AvgIpc) is 2.32. The van der Waals surface area contributed by atoms with Gasteiger partial charge in [0.15, 0.2) is 5.15 Å². The molecule has 0 aromatic carbocycles. The molecule has 0 atom stereocenters. The summed E-state index contributed by atoms with van der Waals surface area (Å²) in [6.45, 7) is 4.65. The van der Waals surface area contributed by atoms with Gasteiger partial charge in [-0.15, -0.1) is 0 Å². The van der Waals surface area contributed by atoms with E-state index in [-0.39, 0.29) is 0 Å². The van der Waals surface area contributed by atoms with E-state index in [1.807, 2.05) is 38.2 Å². The van der Waals surface area contributed by atoms with Gasteiger partial charge in [-0.2, -0.15) is 0 Å². The Morgan fingerprint density at radius 1 is 1.18 bits per heavy atom. The zero-order valence-electron chi connectivity index (χ0n) is 9.87. The summed E-state index contributed by atoms with van der Waals surface area (Å²) < 4.78 is 0. The largest absolute Gasteiger partial charge is 0.378 e. The van der Waals surface area contributed by atoms with E-state index in [2.05, 4.69) is 15.3 Å². The van der Waals surface area contributed by atoms with Gasteiger partial charge < -0.3 is 5.32 Å². The Hall–Kier alpha value is -1.61. The third kappa shape index (κ3) is 3.17. The quantitative estimate of drug-likeness (QED) is 0.846. The van der Waals surface area contributed by atoms with Gasteiger partial charge in [0.05, 0.1) is 5.69 Å². The first-order valence-corrected chi connectivity index (χ1v) is 5.80. The van der Waals surface area contributed by atoms with Crippen LogP contribution in [0.4, 0.5) is 5.69 Å². The molecule has 0 unspecified atom stereocenters. The van der Waals surface area contributed by atoms with E-state index in [9.17, 15) is 0 Å². The summed E-state index contributed by atoms with van der Waals surface area (Å²) in [4.78, 5) is 8.34. The molecule has 0 spiro atoms. The van der Waals surface area contributed by atoms with Gasteiger partial charge in [-0.05, 0) is 37.1 Å². The molecule has 0 bridgehead atoms. The van der Waals surface area contributed by atoms with E-state index in [1.54, 1.807) is 6.20 Å². The lowest BCUT2D eigenvalue weighted by atomic mass is 10.2. The summed E-state index contributed by atoms with van der Waals surface area (Å²) in [5.74, 6) is 0. The number of rotatable bonds is 3. The zero-order valence-corrected chi connectivity index (χ0v) is 10.6. The first-order valence-electron chi connectivity index (χ1n) is 5.43. The van der Waals surface area contributed by atoms with Crippen molar-refractivity contribution < 1.29 is 0 Å². The van der Waals surface area contributed by atoms with Crippen LogP contribution >= 0.6 is 11.6 Å². The summed E-state index contributed by atoms with van der Waals surface area (Å²) in [6.07, 6.45) is 3.61. The smallest absolute Gasteiger partial charge is 0.152 e. The summed E-state index contributed by atoms with van der Waals surface area (Å²) in [5.41, 5.74) is 4.07. The number of pyridine rings is 2. The second-order valence-corrected chi connectivity index (χ2v) is 4.37. The van der Waals surface area contributed by atoms with Crippen LogP contribution in [-0.4, -0.2) is 9.97 Å². The highest BCUT2D eigenvalue weighted by Crippen LogP contribution is 2.20. The molecule has 0 aliphatic rings. The maximum absolute atomic E-state index is 6.00. The molecular formula is C13H14ClN3. The fourth-order valence-electron chi connectivity index (χ4n) is 1.48. The molecule has 0 fully saturated rings. The number of aryl methyl sites for hydroxylation is 2. The van der Waals surface area contributed by atoms with Gasteiger partial charge in [0, 0.05) is 24.6 Å². The molecule has 2 aromatic heterocycles. The Balaban J connectivity index is 2.07. The Morgan fingerprint density at radius 2 is 2.00 bits per heavy atom. The van der Waals surface area contributed by atoms with E-state index < -0.39 is 0 Å². The number of halogens is 1. The van der Waals surface area contributed by atoms with Gasteiger partial charge in [-0.3, -0.25) is 4.98 Å².